The molecule has 6 heteroatoms. The molecular formula is C27H34FN3O2. The molecule has 1 heterocycles. The molecule has 2 N–H and O–H groups in total. The number of hydrogen-bond donors (Lipinski definition) is 2. The van der Waals surface area contributed by atoms with Crippen LogP contribution < -0.4 is 10.6 Å². The van der Waals surface area contributed by atoms with Gasteiger partial charge in [-0.2, -0.15) is 0 Å². The second-order valence-corrected chi connectivity index (χ2v) is 9.38. The van der Waals surface area contributed by atoms with Crippen LogP contribution in [0.2, 0.25) is 0 Å². The Hall–Kier alpha value is -2.73. The van der Waals surface area contributed by atoms with E-state index in [9.17, 15) is 14.0 Å². The van der Waals surface area contributed by atoms with E-state index in [1.807, 2.05) is 18.2 Å². The van der Waals surface area contributed by atoms with Crippen LogP contribution in [0.5, 0.6) is 0 Å². The minimum atomic E-state index is -0.288. The van der Waals surface area contributed by atoms with Gasteiger partial charge >= 0.3 is 0 Å². The van der Waals surface area contributed by atoms with Crippen LogP contribution in [0.3, 0.4) is 0 Å². The largest absolute Gasteiger partial charge is 0.353 e. The van der Waals surface area contributed by atoms with Crippen molar-refractivity contribution in [2.24, 2.45) is 5.92 Å². The molecule has 1 aliphatic heterocycles. The van der Waals surface area contributed by atoms with E-state index in [1.165, 1.54) is 12.1 Å². The number of likely N-dealkylation sites (tertiary alicyclic amines) is 1. The van der Waals surface area contributed by atoms with Crippen molar-refractivity contribution >= 4 is 11.8 Å². The highest BCUT2D eigenvalue weighted by Crippen LogP contribution is 2.28. The third kappa shape index (κ3) is 6.87. The van der Waals surface area contributed by atoms with Crippen molar-refractivity contribution in [2.45, 2.75) is 57.0 Å². The quantitative estimate of drug-likeness (QED) is 0.606. The maximum atomic E-state index is 13.0. The molecule has 2 aliphatic rings. The topological polar surface area (TPSA) is 61.4 Å². The smallest absolute Gasteiger partial charge is 0.224 e. The van der Waals surface area contributed by atoms with Gasteiger partial charge in [0.1, 0.15) is 5.82 Å². The summed E-state index contributed by atoms with van der Waals surface area (Å²) in [5, 5.41) is 6.42. The molecule has 0 unspecified atom stereocenters. The average Bonchev–Trinajstić information content (AvgIpc) is 2.78. The molecule has 0 radical (unpaired) electrons. The first kappa shape index (κ1) is 23.4. The van der Waals surface area contributed by atoms with Gasteiger partial charge in [0.25, 0.3) is 0 Å². The highest BCUT2D eigenvalue weighted by molar-refractivity contribution is 5.80. The number of nitrogens with zero attached hydrogens (tertiary/aromatic N) is 1. The van der Waals surface area contributed by atoms with Gasteiger partial charge in [-0.25, -0.2) is 4.39 Å². The Morgan fingerprint density at radius 2 is 1.67 bits per heavy atom. The Balaban J connectivity index is 1.22. The molecule has 4 rings (SSSR count). The van der Waals surface area contributed by atoms with E-state index in [1.54, 1.807) is 12.1 Å². The standard InChI is InChI=1S/C27H34FN3O2/c28-23-11-9-20(10-12-23)19-26(32)29-24-13-16-31(17-14-24)18-15-25(21-5-2-1-3-6-21)30-27(33)22-7-4-8-22/h1-3,5-6,9-12,22,24-25H,4,7-8,13-19H2,(H,29,32)(H,30,33)/t25-/m0/s1. The fourth-order valence-electron chi connectivity index (χ4n) is 4.65. The van der Waals surface area contributed by atoms with Gasteiger partial charge in [0, 0.05) is 31.6 Å². The number of benzene rings is 2. The molecule has 176 valence electrons. The number of halogens is 1. The van der Waals surface area contributed by atoms with Crippen molar-refractivity contribution in [3.05, 3.63) is 71.5 Å². The first-order valence-corrected chi connectivity index (χ1v) is 12.2. The minimum Gasteiger partial charge on any atom is -0.353 e. The molecule has 1 aliphatic carbocycles. The second kappa shape index (κ2) is 11.4. The van der Waals surface area contributed by atoms with Gasteiger partial charge in [0.15, 0.2) is 0 Å². The first-order chi connectivity index (χ1) is 16.1. The van der Waals surface area contributed by atoms with E-state index in [2.05, 4.69) is 27.7 Å². The number of carbonyl (C=O) groups is 2. The van der Waals surface area contributed by atoms with Crippen molar-refractivity contribution in [1.82, 2.24) is 15.5 Å². The number of amides is 2. The third-order valence-corrected chi connectivity index (χ3v) is 6.96. The molecule has 5 nitrogen and oxygen atoms in total. The fourth-order valence-corrected chi connectivity index (χ4v) is 4.65. The lowest BCUT2D eigenvalue weighted by atomic mass is 9.84. The van der Waals surface area contributed by atoms with Crippen LogP contribution in [0.4, 0.5) is 4.39 Å². The van der Waals surface area contributed by atoms with Crippen LogP contribution in [0, 0.1) is 11.7 Å². The highest BCUT2D eigenvalue weighted by atomic mass is 19.1. The molecule has 0 aromatic heterocycles. The van der Waals surface area contributed by atoms with E-state index < -0.39 is 0 Å². The Morgan fingerprint density at radius 1 is 0.970 bits per heavy atom. The molecule has 33 heavy (non-hydrogen) atoms. The van der Waals surface area contributed by atoms with Gasteiger partial charge in [-0.05, 0) is 55.4 Å². The number of hydrogen-bond acceptors (Lipinski definition) is 3. The van der Waals surface area contributed by atoms with Gasteiger partial charge in [-0.3, -0.25) is 9.59 Å². The predicted octanol–water partition coefficient (Wildman–Crippen LogP) is 4.00. The van der Waals surface area contributed by atoms with E-state index in [-0.39, 0.29) is 42.1 Å². The molecule has 2 aromatic rings. The van der Waals surface area contributed by atoms with Crippen LogP contribution >= 0.6 is 0 Å². The summed E-state index contributed by atoms with van der Waals surface area (Å²) in [7, 11) is 0. The highest BCUT2D eigenvalue weighted by Gasteiger charge is 2.28. The Bertz CT molecular complexity index is 907. The molecule has 0 spiro atoms. The summed E-state index contributed by atoms with van der Waals surface area (Å²) in [6, 6.07) is 16.5. The lowest BCUT2D eigenvalue weighted by Crippen LogP contribution is -2.46. The Morgan fingerprint density at radius 3 is 2.30 bits per heavy atom. The molecular weight excluding hydrogens is 417 g/mol. The molecule has 2 aromatic carbocycles. The van der Waals surface area contributed by atoms with Crippen LogP contribution in [-0.4, -0.2) is 42.4 Å². The predicted molar refractivity (Wildman–Crippen MR) is 127 cm³/mol. The van der Waals surface area contributed by atoms with Gasteiger partial charge in [0.05, 0.1) is 12.5 Å². The monoisotopic (exact) mass is 451 g/mol. The van der Waals surface area contributed by atoms with Crippen molar-refractivity contribution < 1.29 is 14.0 Å². The van der Waals surface area contributed by atoms with Crippen molar-refractivity contribution in [3.8, 4) is 0 Å². The zero-order valence-corrected chi connectivity index (χ0v) is 19.1. The van der Waals surface area contributed by atoms with Gasteiger partial charge in [0.2, 0.25) is 11.8 Å². The number of carbonyl (C=O) groups excluding carboxylic acids is 2. The SMILES string of the molecule is O=C(Cc1ccc(F)cc1)NC1CCN(CC[C@H](NC(=O)C2CCC2)c2ccccc2)CC1. The van der Waals surface area contributed by atoms with E-state index in [4.69, 9.17) is 0 Å². The van der Waals surface area contributed by atoms with E-state index in [0.29, 0.717) is 0 Å². The summed E-state index contributed by atoms with van der Waals surface area (Å²) < 4.78 is 13.0. The Labute approximate surface area is 195 Å². The molecule has 1 saturated heterocycles. The van der Waals surface area contributed by atoms with Gasteiger partial charge in [-0.1, -0.05) is 48.9 Å². The normalized spacial score (nSPS) is 18.3. The zero-order chi connectivity index (χ0) is 23.0. The third-order valence-electron chi connectivity index (χ3n) is 6.96. The van der Waals surface area contributed by atoms with Crippen LogP contribution in [0.1, 0.15) is 55.7 Å². The van der Waals surface area contributed by atoms with Crippen LogP contribution in [0.25, 0.3) is 0 Å². The van der Waals surface area contributed by atoms with Crippen molar-refractivity contribution in [1.29, 1.82) is 0 Å². The molecule has 2 amide bonds. The molecule has 0 bridgehead atoms. The van der Waals surface area contributed by atoms with Crippen molar-refractivity contribution in [3.63, 3.8) is 0 Å². The molecule has 2 fully saturated rings. The zero-order valence-electron chi connectivity index (χ0n) is 19.1. The first-order valence-electron chi connectivity index (χ1n) is 12.2. The molecule has 1 saturated carbocycles. The summed E-state index contributed by atoms with van der Waals surface area (Å²) in [5.74, 6) is 0.0784. The van der Waals surface area contributed by atoms with Crippen LogP contribution in [0.15, 0.2) is 54.6 Å². The van der Waals surface area contributed by atoms with Crippen molar-refractivity contribution in [2.75, 3.05) is 19.6 Å². The summed E-state index contributed by atoms with van der Waals surface area (Å²) >= 11 is 0. The fraction of sp³-hybridized carbons (Fsp3) is 0.481. The lowest BCUT2D eigenvalue weighted by molar-refractivity contribution is -0.128. The lowest BCUT2D eigenvalue weighted by Gasteiger charge is -2.34. The van der Waals surface area contributed by atoms with Gasteiger partial charge < -0.3 is 15.5 Å². The number of rotatable bonds is 9. The van der Waals surface area contributed by atoms with E-state index in [0.717, 1.165) is 69.3 Å². The maximum Gasteiger partial charge on any atom is 0.224 e. The van der Waals surface area contributed by atoms with Crippen LogP contribution in [-0.2, 0) is 16.0 Å². The average molecular weight is 452 g/mol. The molecule has 1 atom stereocenters. The Kier molecular flexibility index (Phi) is 8.10. The summed E-state index contributed by atoms with van der Waals surface area (Å²) in [6.07, 6.45) is 6.16. The maximum absolute atomic E-state index is 13.0. The number of nitrogens with one attached hydrogen (secondary N) is 2. The van der Waals surface area contributed by atoms with Gasteiger partial charge in [-0.15, -0.1) is 0 Å². The summed E-state index contributed by atoms with van der Waals surface area (Å²) in [5.41, 5.74) is 1.98. The summed E-state index contributed by atoms with van der Waals surface area (Å²) in [4.78, 5) is 27.3. The minimum absolute atomic E-state index is 0.0112. The number of piperidine rings is 1. The van der Waals surface area contributed by atoms with E-state index >= 15 is 0 Å². The second-order valence-electron chi connectivity index (χ2n) is 9.38. The summed E-state index contributed by atoms with van der Waals surface area (Å²) in [6.45, 7) is 2.78.